The van der Waals surface area contributed by atoms with Gasteiger partial charge in [-0.15, -0.1) is 0 Å². The molecule has 0 heterocycles. The lowest BCUT2D eigenvalue weighted by atomic mass is 10.1. The highest BCUT2D eigenvalue weighted by Crippen LogP contribution is 2.22. The molecule has 0 unspecified atom stereocenters. The summed E-state index contributed by atoms with van der Waals surface area (Å²) in [4.78, 5) is 11.6. The SMILES string of the molecule is CC(C)(C)NC(=O)c1c(F)ccc(Br)c1F. The molecule has 0 fully saturated rings. The first kappa shape index (κ1) is 13.1. The average Bonchev–Trinajstić information content (AvgIpc) is 2.09. The van der Waals surface area contributed by atoms with E-state index in [2.05, 4.69) is 21.2 Å². The number of carbonyl (C=O) groups is 1. The summed E-state index contributed by atoms with van der Waals surface area (Å²) in [7, 11) is 0. The lowest BCUT2D eigenvalue weighted by Crippen LogP contribution is -2.41. The van der Waals surface area contributed by atoms with Crippen LogP contribution in [0.5, 0.6) is 0 Å². The van der Waals surface area contributed by atoms with Crippen LogP contribution in [0.4, 0.5) is 8.78 Å². The van der Waals surface area contributed by atoms with Gasteiger partial charge in [-0.25, -0.2) is 8.78 Å². The predicted octanol–water partition coefficient (Wildman–Crippen LogP) is 3.26. The number of hydrogen-bond acceptors (Lipinski definition) is 1. The molecule has 0 atom stereocenters. The first-order valence-electron chi connectivity index (χ1n) is 4.68. The third kappa shape index (κ3) is 3.01. The molecular weight excluding hydrogens is 280 g/mol. The van der Waals surface area contributed by atoms with Crippen molar-refractivity contribution < 1.29 is 13.6 Å². The van der Waals surface area contributed by atoms with Gasteiger partial charge in [0.15, 0.2) is 5.82 Å². The molecule has 0 bridgehead atoms. The van der Waals surface area contributed by atoms with Crippen LogP contribution in [0.1, 0.15) is 31.1 Å². The molecule has 0 aromatic heterocycles. The van der Waals surface area contributed by atoms with Crippen LogP contribution in [0.3, 0.4) is 0 Å². The van der Waals surface area contributed by atoms with Gasteiger partial charge in [0.05, 0.1) is 4.47 Å². The Labute approximate surface area is 101 Å². The normalized spacial score (nSPS) is 11.4. The predicted molar refractivity (Wildman–Crippen MR) is 61.3 cm³/mol. The summed E-state index contributed by atoms with van der Waals surface area (Å²) in [5.41, 5.74) is -1.11. The third-order valence-electron chi connectivity index (χ3n) is 1.76. The van der Waals surface area contributed by atoms with Gasteiger partial charge in [0.25, 0.3) is 5.91 Å². The van der Waals surface area contributed by atoms with Crippen LogP contribution in [-0.4, -0.2) is 11.4 Å². The number of hydrogen-bond donors (Lipinski definition) is 1. The lowest BCUT2D eigenvalue weighted by molar-refractivity contribution is 0.0911. The number of nitrogens with one attached hydrogen (secondary N) is 1. The van der Waals surface area contributed by atoms with E-state index in [1.165, 1.54) is 6.07 Å². The zero-order valence-corrected chi connectivity index (χ0v) is 10.8. The van der Waals surface area contributed by atoms with Gasteiger partial charge in [0.1, 0.15) is 11.4 Å². The Bertz CT molecular complexity index is 427. The van der Waals surface area contributed by atoms with Crippen molar-refractivity contribution in [2.75, 3.05) is 0 Å². The van der Waals surface area contributed by atoms with Crippen LogP contribution in [-0.2, 0) is 0 Å². The van der Waals surface area contributed by atoms with Gasteiger partial charge in [-0.1, -0.05) is 0 Å². The Morgan fingerprint density at radius 3 is 2.38 bits per heavy atom. The van der Waals surface area contributed by atoms with E-state index in [1.54, 1.807) is 20.8 Å². The number of amides is 1. The number of halogens is 3. The molecule has 0 spiro atoms. The van der Waals surface area contributed by atoms with E-state index in [1.807, 2.05) is 0 Å². The molecule has 1 N–H and O–H groups in total. The van der Waals surface area contributed by atoms with E-state index >= 15 is 0 Å². The van der Waals surface area contributed by atoms with Crippen molar-refractivity contribution >= 4 is 21.8 Å². The minimum Gasteiger partial charge on any atom is -0.347 e. The minimum absolute atomic E-state index is 0.0629. The molecule has 0 aliphatic heterocycles. The second-order valence-corrected chi connectivity index (χ2v) is 5.28. The first-order valence-corrected chi connectivity index (χ1v) is 5.47. The molecule has 0 radical (unpaired) electrons. The fourth-order valence-corrected chi connectivity index (χ4v) is 1.47. The second kappa shape index (κ2) is 4.49. The minimum atomic E-state index is -0.887. The molecule has 0 saturated heterocycles. The fraction of sp³-hybridized carbons (Fsp3) is 0.364. The summed E-state index contributed by atoms with van der Waals surface area (Å²) < 4.78 is 26.9. The first-order chi connectivity index (χ1) is 7.22. The topological polar surface area (TPSA) is 29.1 Å². The molecule has 2 nitrogen and oxygen atoms in total. The van der Waals surface area contributed by atoms with Crippen LogP contribution >= 0.6 is 15.9 Å². The standard InChI is InChI=1S/C11H12BrF2NO/c1-11(2,3)15-10(16)8-7(13)5-4-6(12)9(8)14/h4-5H,1-3H3,(H,15,16). The average molecular weight is 292 g/mol. The third-order valence-corrected chi connectivity index (χ3v) is 2.37. The van der Waals surface area contributed by atoms with Gasteiger partial charge in [-0.05, 0) is 48.8 Å². The quantitative estimate of drug-likeness (QED) is 0.791. The molecule has 16 heavy (non-hydrogen) atoms. The van der Waals surface area contributed by atoms with E-state index in [-0.39, 0.29) is 4.47 Å². The zero-order valence-electron chi connectivity index (χ0n) is 9.20. The van der Waals surface area contributed by atoms with Gasteiger partial charge in [-0.2, -0.15) is 0 Å². The molecule has 5 heteroatoms. The van der Waals surface area contributed by atoms with Gasteiger partial charge in [0, 0.05) is 5.54 Å². The smallest absolute Gasteiger partial charge is 0.257 e. The summed E-state index contributed by atoms with van der Waals surface area (Å²) >= 11 is 2.91. The second-order valence-electron chi connectivity index (χ2n) is 4.42. The fourth-order valence-electron chi connectivity index (χ4n) is 1.14. The molecule has 88 valence electrons. The summed E-state index contributed by atoms with van der Waals surface area (Å²) in [6, 6.07) is 2.27. The molecule has 1 aromatic rings. The van der Waals surface area contributed by atoms with Crippen LogP contribution in [0.15, 0.2) is 16.6 Å². The van der Waals surface area contributed by atoms with Gasteiger partial charge >= 0.3 is 0 Å². The summed E-state index contributed by atoms with van der Waals surface area (Å²) in [6.07, 6.45) is 0. The summed E-state index contributed by atoms with van der Waals surface area (Å²) in [5, 5.41) is 2.50. The van der Waals surface area contributed by atoms with Gasteiger partial charge in [-0.3, -0.25) is 4.79 Å². The molecule has 1 rings (SSSR count). The van der Waals surface area contributed by atoms with Crippen molar-refractivity contribution in [1.29, 1.82) is 0 Å². The largest absolute Gasteiger partial charge is 0.347 e. The van der Waals surface area contributed by atoms with Crippen LogP contribution in [0, 0.1) is 11.6 Å². The maximum atomic E-state index is 13.5. The Morgan fingerprint density at radius 2 is 1.88 bits per heavy atom. The van der Waals surface area contributed by atoms with Crippen molar-refractivity contribution in [2.45, 2.75) is 26.3 Å². The lowest BCUT2D eigenvalue weighted by Gasteiger charge is -2.20. The summed E-state index contributed by atoms with van der Waals surface area (Å²) in [6.45, 7) is 5.20. The molecule has 0 aliphatic carbocycles. The number of carbonyl (C=O) groups excluding carboxylic acids is 1. The Balaban J connectivity index is 3.14. The van der Waals surface area contributed by atoms with E-state index in [0.29, 0.717) is 0 Å². The molecule has 0 saturated carbocycles. The summed E-state index contributed by atoms with van der Waals surface area (Å²) in [5.74, 6) is -2.52. The van der Waals surface area contributed by atoms with Crippen LogP contribution < -0.4 is 5.32 Å². The monoisotopic (exact) mass is 291 g/mol. The number of rotatable bonds is 1. The van der Waals surface area contributed by atoms with Crippen molar-refractivity contribution in [3.8, 4) is 0 Å². The zero-order chi connectivity index (χ0) is 12.5. The van der Waals surface area contributed by atoms with E-state index in [4.69, 9.17) is 0 Å². The van der Waals surface area contributed by atoms with E-state index in [9.17, 15) is 13.6 Å². The Kier molecular flexibility index (Phi) is 3.68. The van der Waals surface area contributed by atoms with Gasteiger partial charge in [0.2, 0.25) is 0 Å². The molecule has 1 amide bonds. The molecule has 1 aromatic carbocycles. The van der Waals surface area contributed by atoms with Crippen molar-refractivity contribution in [3.05, 3.63) is 33.8 Å². The number of benzene rings is 1. The highest BCUT2D eigenvalue weighted by Gasteiger charge is 2.23. The Morgan fingerprint density at radius 1 is 1.31 bits per heavy atom. The van der Waals surface area contributed by atoms with Crippen molar-refractivity contribution in [2.24, 2.45) is 0 Å². The maximum absolute atomic E-state index is 13.5. The Hall–Kier alpha value is -0.970. The van der Waals surface area contributed by atoms with Crippen molar-refractivity contribution in [3.63, 3.8) is 0 Å². The van der Waals surface area contributed by atoms with E-state index in [0.717, 1.165) is 6.07 Å². The highest BCUT2D eigenvalue weighted by atomic mass is 79.9. The molecular formula is C11H12BrF2NO. The highest BCUT2D eigenvalue weighted by molar-refractivity contribution is 9.10. The molecule has 0 aliphatic rings. The van der Waals surface area contributed by atoms with E-state index < -0.39 is 28.6 Å². The van der Waals surface area contributed by atoms with Crippen molar-refractivity contribution in [1.82, 2.24) is 5.32 Å². The van der Waals surface area contributed by atoms with Crippen LogP contribution in [0.25, 0.3) is 0 Å². The van der Waals surface area contributed by atoms with Crippen LogP contribution in [0.2, 0.25) is 0 Å². The van der Waals surface area contributed by atoms with Gasteiger partial charge < -0.3 is 5.32 Å². The maximum Gasteiger partial charge on any atom is 0.257 e.